The van der Waals surface area contributed by atoms with Gasteiger partial charge in [0.15, 0.2) is 0 Å². The maximum atomic E-state index is 13.9. The molecule has 0 aliphatic carbocycles. The Morgan fingerprint density at radius 3 is 2.26 bits per heavy atom. The molecule has 1 aliphatic heterocycles. The zero-order valence-electron chi connectivity index (χ0n) is 17.6. The number of para-hydroxylation sites is 1. The molecule has 0 unspecified atom stereocenters. The summed E-state index contributed by atoms with van der Waals surface area (Å²) < 4.78 is 54.6. The van der Waals surface area contributed by atoms with Gasteiger partial charge in [-0.15, -0.1) is 0 Å². The number of halogens is 4. The highest BCUT2D eigenvalue weighted by Gasteiger charge is 2.29. The van der Waals surface area contributed by atoms with Gasteiger partial charge in [-0.05, 0) is 13.0 Å². The van der Waals surface area contributed by atoms with Gasteiger partial charge in [0.2, 0.25) is 23.7 Å². The van der Waals surface area contributed by atoms with Crippen LogP contribution in [0.15, 0.2) is 59.6 Å². The molecule has 2 amide bonds. The molecular weight excluding hydrogens is 454 g/mol. The van der Waals surface area contributed by atoms with E-state index in [1.165, 1.54) is 6.92 Å². The van der Waals surface area contributed by atoms with Crippen molar-refractivity contribution in [1.29, 1.82) is 0 Å². The van der Waals surface area contributed by atoms with E-state index in [9.17, 15) is 27.2 Å². The number of nitrogens with zero attached hydrogens (tertiary/aromatic N) is 2. The fraction of sp³-hybridized carbons (Fsp3) is 0.130. The Morgan fingerprint density at radius 2 is 1.59 bits per heavy atom. The molecular formula is C23H17F4N5O2. The van der Waals surface area contributed by atoms with Gasteiger partial charge in [-0.2, -0.15) is 22.5 Å². The minimum absolute atomic E-state index is 0.427. The summed E-state index contributed by atoms with van der Waals surface area (Å²) in [4.78, 5) is 32.4. The van der Waals surface area contributed by atoms with Crippen molar-refractivity contribution in [1.82, 2.24) is 10.3 Å². The molecule has 174 valence electrons. The Balaban J connectivity index is 1.62. The summed E-state index contributed by atoms with van der Waals surface area (Å²) >= 11 is 0. The molecule has 2 aromatic carbocycles. The van der Waals surface area contributed by atoms with Gasteiger partial charge >= 0.3 is 0 Å². The lowest BCUT2D eigenvalue weighted by molar-refractivity contribution is -0.126. The molecule has 11 heteroatoms. The first kappa shape index (κ1) is 22.9. The van der Waals surface area contributed by atoms with Crippen molar-refractivity contribution in [2.75, 3.05) is 10.6 Å². The number of fused-ring (bicyclic) bond motifs is 1. The minimum Gasteiger partial charge on any atom is -0.369 e. The van der Waals surface area contributed by atoms with Crippen LogP contribution in [0.3, 0.4) is 0 Å². The third-order valence-corrected chi connectivity index (χ3v) is 5.02. The number of carbonyl (C=O) groups is 2. The van der Waals surface area contributed by atoms with Crippen LogP contribution in [-0.4, -0.2) is 34.7 Å². The number of aromatic nitrogens is 1. The van der Waals surface area contributed by atoms with E-state index in [0.29, 0.717) is 22.5 Å². The van der Waals surface area contributed by atoms with E-state index in [1.807, 2.05) is 6.07 Å². The lowest BCUT2D eigenvalue weighted by Crippen LogP contribution is -2.47. The van der Waals surface area contributed by atoms with Crippen molar-refractivity contribution in [2.24, 2.45) is 4.99 Å². The Labute approximate surface area is 190 Å². The number of hydrogen-bond donors (Lipinski definition) is 3. The Bertz CT molecular complexity index is 1270. The zero-order chi connectivity index (χ0) is 24.4. The summed E-state index contributed by atoms with van der Waals surface area (Å²) in [6, 6.07) is 14.5. The molecule has 1 aliphatic rings. The second-order valence-corrected chi connectivity index (χ2v) is 7.35. The lowest BCUT2D eigenvalue weighted by Gasteiger charge is -2.19. The maximum absolute atomic E-state index is 13.9. The predicted molar refractivity (Wildman–Crippen MR) is 116 cm³/mol. The molecule has 0 bridgehead atoms. The van der Waals surface area contributed by atoms with Gasteiger partial charge in [0.05, 0.1) is 11.4 Å². The second-order valence-electron chi connectivity index (χ2n) is 7.35. The normalized spacial score (nSPS) is 16.0. The molecule has 0 fully saturated rings. The highest BCUT2D eigenvalue weighted by atomic mass is 19.2. The van der Waals surface area contributed by atoms with Gasteiger partial charge in [-0.25, -0.2) is 4.99 Å². The molecule has 0 saturated carbocycles. The third kappa shape index (κ3) is 4.45. The smallest absolute Gasteiger partial charge is 0.269 e. The number of carbonyl (C=O) groups excluding carboxylic acids is 2. The monoisotopic (exact) mass is 471 g/mol. The SMILES string of the molecule is C[C@@H](Nc1c(F)c(F)nc(F)c1F)C(=O)N[C@H]1N=C(c2ccccc2)c2ccccc2NC1=O. The summed E-state index contributed by atoms with van der Waals surface area (Å²) in [7, 11) is 0. The highest BCUT2D eigenvalue weighted by Crippen LogP contribution is 2.25. The molecule has 2 heterocycles. The number of aliphatic imine (C=N–C) groups is 1. The highest BCUT2D eigenvalue weighted by molar-refractivity contribution is 6.19. The quantitative estimate of drug-likeness (QED) is 0.393. The van der Waals surface area contributed by atoms with Crippen LogP contribution in [0.4, 0.5) is 28.9 Å². The fourth-order valence-electron chi connectivity index (χ4n) is 3.34. The van der Waals surface area contributed by atoms with Crippen molar-refractivity contribution >= 4 is 28.9 Å². The van der Waals surface area contributed by atoms with Gasteiger partial charge in [0.25, 0.3) is 17.8 Å². The summed E-state index contributed by atoms with van der Waals surface area (Å²) in [6.45, 7) is 1.19. The number of pyridine rings is 1. The van der Waals surface area contributed by atoms with Crippen LogP contribution in [0, 0.1) is 23.5 Å². The maximum Gasteiger partial charge on any atom is 0.269 e. The Morgan fingerprint density at radius 1 is 0.971 bits per heavy atom. The summed E-state index contributed by atoms with van der Waals surface area (Å²) in [5.74, 6) is -8.87. The number of benzene rings is 2. The van der Waals surface area contributed by atoms with E-state index >= 15 is 0 Å². The van der Waals surface area contributed by atoms with Crippen LogP contribution >= 0.6 is 0 Å². The van der Waals surface area contributed by atoms with Crippen LogP contribution in [0.1, 0.15) is 18.1 Å². The van der Waals surface area contributed by atoms with Crippen LogP contribution < -0.4 is 16.0 Å². The van der Waals surface area contributed by atoms with Crippen LogP contribution in [0.2, 0.25) is 0 Å². The third-order valence-electron chi connectivity index (χ3n) is 5.02. The summed E-state index contributed by atoms with van der Waals surface area (Å²) in [5.41, 5.74) is 1.01. The first-order valence-electron chi connectivity index (χ1n) is 10.1. The number of hydrogen-bond acceptors (Lipinski definition) is 5. The van der Waals surface area contributed by atoms with Gasteiger partial charge in [-0.3, -0.25) is 9.59 Å². The molecule has 1 aromatic heterocycles. The first-order valence-corrected chi connectivity index (χ1v) is 10.1. The molecule has 7 nitrogen and oxygen atoms in total. The fourth-order valence-corrected chi connectivity index (χ4v) is 3.34. The standard InChI is InChI=1S/C23H17F4N5O2/c1-11(28-18-15(24)19(26)31-20(27)16(18)25)22(33)32-21-23(34)29-14-10-6-5-9-13(14)17(30-21)12-7-3-2-4-8-12/h2-11,21H,1H3,(H,28,31)(H,29,34)(H,32,33)/t11-,21-/m1/s1. The number of nitrogens with one attached hydrogen (secondary N) is 3. The van der Waals surface area contributed by atoms with Crippen molar-refractivity contribution in [2.45, 2.75) is 19.1 Å². The number of benzodiazepines with no additional fused rings is 1. The number of anilines is 2. The molecule has 0 spiro atoms. The average Bonchev–Trinajstić information content (AvgIpc) is 2.97. The largest absolute Gasteiger partial charge is 0.369 e. The topological polar surface area (TPSA) is 95.5 Å². The van der Waals surface area contributed by atoms with E-state index in [4.69, 9.17) is 0 Å². The number of rotatable bonds is 5. The van der Waals surface area contributed by atoms with Gasteiger partial charge in [0.1, 0.15) is 11.7 Å². The molecule has 34 heavy (non-hydrogen) atoms. The Hall–Kier alpha value is -4.28. The predicted octanol–water partition coefficient (Wildman–Crippen LogP) is 3.37. The van der Waals surface area contributed by atoms with E-state index in [1.54, 1.807) is 48.5 Å². The number of amides is 2. The van der Waals surface area contributed by atoms with Crippen molar-refractivity contribution < 1.29 is 27.2 Å². The average molecular weight is 471 g/mol. The van der Waals surface area contributed by atoms with E-state index < -0.39 is 53.2 Å². The Kier molecular flexibility index (Phi) is 6.26. The van der Waals surface area contributed by atoms with Crippen molar-refractivity contribution in [3.8, 4) is 0 Å². The lowest BCUT2D eigenvalue weighted by atomic mass is 10.0. The van der Waals surface area contributed by atoms with Crippen LogP contribution in [0.5, 0.6) is 0 Å². The molecule has 3 N–H and O–H groups in total. The van der Waals surface area contributed by atoms with E-state index in [2.05, 4.69) is 25.9 Å². The molecule has 2 atom stereocenters. The summed E-state index contributed by atoms with van der Waals surface area (Å²) in [6.07, 6.45) is -1.40. The molecule has 4 rings (SSSR count). The van der Waals surface area contributed by atoms with Gasteiger partial charge < -0.3 is 16.0 Å². The van der Waals surface area contributed by atoms with Gasteiger partial charge in [0, 0.05) is 11.1 Å². The van der Waals surface area contributed by atoms with Crippen LogP contribution in [0.25, 0.3) is 0 Å². The molecule has 3 aromatic rings. The summed E-state index contributed by atoms with van der Waals surface area (Å²) in [5, 5.41) is 7.14. The van der Waals surface area contributed by atoms with Gasteiger partial charge in [-0.1, -0.05) is 48.5 Å². The minimum atomic E-state index is -1.87. The van der Waals surface area contributed by atoms with Crippen LogP contribution in [-0.2, 0) is 9.59 Å². The molecule has 0 radical (unpaired) electrons. The van der Waals surface area contributed by atoms with Crippen molar-refractivity contribution in [3.63, 3.8) is 0 Å². The first-order chi connectivity index (χ1) is 16.3. The van der Waals surface area contributed by atoms with E-state index in [0.717, 1.165) is 0 Å². The zero-order valence-corrected chi connectivity index (χ0v) is 17.6. The van der Waals surface area contributed by atoms with E-state index in [-0.39, 0.29) is 0 Å². The second kappa shape index (κ2) is 9.30. The van der Waals surface area contributed by atoms with Crippen molar-refractivity contribution in [3.05, 3.63) is 89.3 Å². The molecule has 0 saturated heterocycles.